The molecule has 0 saturated carbocycles. The molecule has 0 radical (unpaired) electrons. The molecule has 0 spiro atoms. The molecule has 1 aromatic rings. The molecule has 0 unspecified atom stereocenters. The van der Waals surface area contributed by atoms with Crippen LogP contribution in [0.15, 0.2) is 22.8 Å². The molecule has 3 nitrogen and oxygen atoms in total. The largest absolute Gasteiger partial charge is 0.310 e. The SMILES string of the molecule is O=C(CCCCBr)Nc1ncccc1Br. The first-order valence-corrected chi connectivity index (χ1v) is 6.62. The average Bonchev–Trinajstić information content (AvgIpc) is 2.22. The summed E-state index contributed by atoms with van der Waals surface area (Å²) in [5.74, 6) is 0.594. The summed E-state index contributed by atoms with van der Waals surface area (Å²) in [6.07, 6.45) is 4.09. The van der Waals surface area contributed by atoms with E-state index in [1.54, 1.807) is 6.20 Å². The third kappa shape index (κ3) is 4.75. The fourth-order valence-electron chi connectivity index (χ4n) is 1.05. The summed E-state index contributed by atoms with van der Waals surface area (Å²) in [5.41, 5.74) is 0. The summed E-state index contributed by atoms with van der Waals surface area (Å²) in [7, 11) is 0. The molecule has 1 N–H and O–H groups in total. The van der Waals surface area contributed by atoms with Crippen molar-refractivity contribution in [2.45, 2.75) is 19.3 Å². The first-order valence-electron chi connectivity index (χ1n) is 4.70. The molecular weight excluding hydrogens is 324 g/mol. The Kier molecular flexibility index (Phi) is 5.86. The second-order valence-corrected chi connectivity index (χ2v) is 4.68. The van der Waals surface area contributed by atoms with Gasteiger partial charge in [0.05, 0.1) is 4.47 Å². The Bertz CT molecular complexity index is 331. The number of anilines is 1. The number of carbonyl (C=O) groups excluding carboxylic acids is 1. The Hall–Kier alpha value is -0.420. The van der Waals surface area contributed by atoms with Gasteiger partial charge in [-0.15, -0.1) is 0 Å². The number of hydrogen-bond donors (Lipinski definition) is 1. The number of rotatable bonds is 5. The van der Waals surface area contributed by atoms with Crippen LogP contribution < -0.4 is 5.32 Å². The minimum atomic E-state index is 0.00958. The van der Waals surface area contributed by atoms with Crippen molar-refractivity contribution in [3.63, 3.8) is 0 Å². The average molecular weight is 336 g/mol. The maximum atomic E-state index is 11.5. The number of unbranched alkanes of at least 4 members (excludes halogenated alkanes) is 1. The molecule has 0 atom stereocenters. The number of alkyl halides is 1. The monoisotopic (exact) mass is 334 g/mol. The first kappa shape index (κ1) is 12.6. The Morgan fingerprint density at radius 1 is 1.47 bits per heavy atom. The zero-order chi connectivity index (χ0) is 11.1. The molecule has 1 aromatic heterocycles. The summed E-state index contributed by atoms with van der Waals surface area (Å²) < 4.78 is 0.804. The summed E-state index contributed by atoms with van der Waals surface area (Å²) in [4.78, 5) is 15.5. The van der Waals surface area contributed by atoms with Crippen LogP contribution in [0, 0.1) is 0 Å². The number of carbonyl (C=O) groups is 1. The van der Waals surface area contributed by atoms with Crippen LogP contribution in [0.5, 0.6) is 0 Å². The minimum absolute atomic E-state index is 0.00958. The van der Waals surface area contributed by atoms with E-state index in [1.165, 1.54) is 0 Å². The Morgan fingerprint density at radius 3 is 2.93 bits per heavy atom. The van der Waals surface area contributed by atoms with Gasteiger partial charge in [-0.2, -0.15) is 0 Å². The molecule has 1 amide bonds. The van der Waals surface area contributed by atoms with Gasteiger partial charge in [0, 0.05) is 17.9 Å². The highest BCUT2D eigenvalue weighted by Gasteiger charge is 2.05. The number of aromatic nitrogens is 1. The molecule has 0 bridgehead atoms. The van der Waals surface area contributed by atoms with Gasteiger partial charge >= 0.3 is 0 Å². The van der Waals surface area contributed by atoms with Crippen molar-refractivity contribution in [3.8, 4) is 0 Å². The predicted octanol–water partition coefficient (Wildman–Crippen LogP) is 3.35. The van der Waals surface area contributed by atoms with Crippen molar-refractivity contribution in [3.05, 3.63) is 22.8 Å². The third-order valence-electron chi connectivity index (χ3n) is 1.80. The number of amides is 1. The molecule has 0 saturated heterocycles. The highest BCUT2D eigenvalue weighted by atomic mass is 79.9. The molecule has 0 aromatic carbocycles. The molecule has 0 fully saturated rings. The fraction of sp³-hybridized carbons (Fsp3) is 0.400. The van der Waals surface area contributed by atoms with Crippen LogP contribution in [0.3, 0.4) is 0 Å². The molecule has 1 rings (SSSR count). The minimum Gasteiger partial charge on any atom is -0.310 e. The predicted molar refractivity (Wildman–Crippen MR) is 68.2 cm³/mol. The van der Waals surface area contributed by atoms with Crippen molar-refractivity contribution < 1.29 is 4.79 Å². The van der Waals surface area contributed by atoms with Crippen LogP contribution in [-0.2, 0) is 4.79 Å². The second kappa shape index (κ2) is 6.95. The molecule has 82 valence electrons. The molecule has 15 heavy (non-hydrogen) atoms. The van der Waals surface area contributed by atoms with Gasteiger partial charge < -0.3 is 5.32 Å². The number of pyridine rings is 1. The molecule has 0 aliphatic carbocycles. The van der Waals surface area contributed by atoms with Crippen molar-refractivity contribution in [1.29, 1.82) is 0 Å². The third-order valence-corrected chi connectivity index (χ3v) is 3.00. The molecule has 0 aliphatic rings. The normalized spacial score (nSPS) is 10.0. The first-order chi connectivity index (χ1) is 7.24. The van der Waals surface area contributed by atoms with E-state index < -0.39 is 0 Å². The molecule has 5 heteroatoms. The Balaban J connectivity index is 2.41. The van der Waals surface area contributed by atoms with Crippen LogP contribution >= 0.6 is 31.9 Å². The van der Waals surface area contributed by atoms with Crippen molar-refractivity contribution in [1.82, 2.24) is 4.98 Å². The van der Waals surface area contributed by atoms with E-state index in [1.807, 2.05) is 12.1 Å². The summed E-state index contributed by atoms with van der Waals surface area (Å²) in [5, 5.41) is 3.69. The number of nitrogens with one attached hydrogen (secondary N) is 1. The second-order valence-electron chi connectivity index (χ2n) is 3.03. The van der Waals surface area contributed by atoms with E-state index in [4.69, 9.17) is 0 Å². The van der Waals surface area contributed by atoms with E-state index in [0.29, 0.717) is 12.2 Å². The van der Waals surface area contributed by atoms with Crippen molar-refractivity contribution in [2.24, 2.45) is 0 Å². The van der Waals surface area contributed by atoms with Crippen molar-refractivity contribution >= 4 is 43.6 Å². The molecule has 1 heterocycles. The van der Waals surface area contributed by atoms with Crippen LogP contribution in [0.25, 0.3) is 0 Å². The van der Waals surface area contributed by atoms with Crippen LogP contribution in [-0.4, -0.2) is 16.2 Å². The number of halogens is 2. The van der Waals surface area contributed by atoms with Gasteiger partial charge in [-0.3, -0.25) is 4.79 Å². The van der Waals surface area contributed by atoms with Gasteiger partial charge in [0.1, 0.15) is 5.82 Å². The standard InChI is InChI=1S/C10H12Br2N2O/c11-6-2-1-5-9(15)14-10-8(12)4-3-7-13-10/h3-4,7H,1-2,5-6H2,(H,13,14,15). The topological polar surface area (TPSA) is 42.0 Å². The number of hydrogen-bond acceptors (Lipinski definition) is 2. The van der Waals surface area contributed by atoms with Gasteiger partial charge in [0.25, 0.3) is 0 Å². The lowest BCUT2D eigenvalue weighted by molar-refractivity contribution is -0.116. The quantitative estimate of drug-likeness (QED) is 0.662. The Morgan fingerprint density at radius 2 is 2.27 bits per heavy atom. The van der Waals surface area contributed by atoms with Gasteiger partial charge in [-0.1, -0.05) is 15.9 Å². The zero-order valence-electron chi connectivity index (χ0n) is 8.17. The zero-order valence-corrected chi connectivity index (χ0v) is 11.3. The van der Waals surface area contributed by atoms with Crippen LogP contribution in [0.4, 0.5) is 5.82 Å². The fourth-order valence-corrected chi connectivity index (χ4v) is 1.80. The van der Waals surface area contributed by atoms with Crippen LogP contribution in [0.1, 0.15) is 19.3 Å². The van der Waals surface area contributed by atoms with Crippen molar-refractivity contribution in [2.75, 3.05) is 10.6 Å². The van der Waals surface area contributed by atoms with E-state index in [-0.39, 0.29) is 5.91 Å². The van der Waals surface area contributed by atoms with E-state index in [9.17, 15) is 4.79 Å². The van der Waals surface area contributed by atoms with Gasteiger partial charge in [-0.05, 0) is 40.9 Å². The lowest BCUT2D eigenvalue weighted by atomic mass is 10.2. The lowest BCUT2D eigenvalue weighted by Crippen LogP contribution is -2.12. The highest BCUT2D eigenvalue weighted by molar-refractivity contribution is 9.10. The smallest absolute Gasteiger partial charge is 0.225 e. The van der Waals surface area contributed by atoms with Crippen LogP contribution in [0.2, 0.25) is 0 Å². The van der Waals surface area contributed by atoms with E-state index >= 15 is 0 Å². The summed E-state index contributed by atoms with van der Waals surface area (Å²) in [6, 6.07) is 3.66. The van der Waals surface area contributed by atoms with Gasteiger partial charge in [0.2, 0.25) is 5.91 Å². The molecule has 0 aliphatic heterocycles. The van der Waals surface area contributed by atoms with Gasteiger partial charge in [0.15, 0.2) is 0 Å². The summed E-state index contributed by atoms with van der Waals surface area (Å²) in [6.45, 7) is 0. The Labute approximate surface area is 106 Å². The maximum absolute atomic E-state index is 11.5. The van der Waals surface area contributed by atoms with E-state index in [2.05, 4.69) is 42.2 Å². The summed E-state index contributed by atoms with van der Waals surface area (Å²) >= 11 is 6.65. The maximum Gasteiger partial charge on any atom is 0.225 e. The van der Waals surface area contributed by atoms with Gasteiger partial charge in [-0.25, -0.2) is 4.98 Å². The number of nitrogens with zero attached hydrogens (tertiary/aromatic N) is 1. The van der Waals surface area contributed by atoms with E-state index in [0.717, 1.165) is 22.6 Å². The molecular formula is C10H12Br2N2O. The highest BCUT2D eigenvalue weighted by Crippen LogP contribution is 2.18. The lowest BCUT2D eigenvalue weighted by Gasteiger charge is -2.05.